The number of Topliss-reactive ketones (excluding diaryl/α,β-unsaturated/α-hetero) is 1. The largest absolute Gasteiger partial charge is 0.673 e. The summed E-state index contributed by atoms with van der Waals surface area (Å²) in [7, 11) is -11.8. The lowest BCUT2D eigenvalue weighted by Crippen LogP contribution is -3.22. The highest BCUT2D eigenvalue weighted by Crippen LogP contribution is 2.15. The molecule has 3 nitrogen and oxygen atoms in total. The minimum atomic E-state index is -6.00. The second kappa shape index (κ2) is 11.9. The number of carbonyl (C=O) groups is 1. The third kappa shape index (κ3) is 13.1. The summed E-state index contributed by atoms with van der Waals surface area (Å²) in [6, 6.07) is 8.13. The molecule has 1 heterocycles. The van der Waals surface area contributed by atoms with Gasteiger partial charge in [0.1, 0.15) is 25.6 Å². The molecule has 1 aliphatic heterocycles. The summed E-state index contributed by atoms with van der Waals surface area (Å²) < 4.78 is 83.4. The minimum Gasteiger partial charge on any atom is -0.418 e. The van der Waals surface area contributed by atoms with Gasteiger partial charge in [-0.1, -0.05) is 0 Å². The van der Waals surface area contributed by atoms with Crippen LogP contribution in [0.4, 0.5) is 34.5 Å². The van der Waals surface area contributed by atoms with Crippen molar-refractivity contribution in [3.8, 4) is 0 Å². The average Bonchev–Trinajstić information content (AvgIpc) is 2.59. The van der Waals surface area contributed by atoms with Crippen molar-refractivity contribution in [2.75, 3.05) is 38.8 Å². The molecular formula is C16H25B2F8NO2S. The van der Waals surface area contributed by atoms with Gasteiger partial charge in [0.15, 0.2) is 10.4 Å². The molecule has 0 aliphatic carbocycles. The maximum Gasteiger partial charge on any atom is 0.673 e. The maximum atomic E-state index is 12.8. The normalized spacial score (nSPS) is 15.6. The first-order valence-electron chi connectivity index (χ1n) is 8.83. The van der Waals surface area contributed by atoms with Gasteiger partial charge in [-0.3, -0.25) is 4.79 Å². The fraction of sp³-hybridized carbons (Fsp3) is 0.562. The van der Waals surface area contributed by atoms with E-state index in [0.29, 0.717) is 0 Å². The van der Waals surface area contributed by atoms with Crippen LogP contribution in [0.1, 0.15) is 24.2 Å². The van der Waals surface area contributed by atoms with E-state index < -0.39 is 14.5 Å². The van der Waals surface area contributed by atoms with E-state index in [1.54, 1.807) is 0 Å². The summed E-state index contributed by atoms with van der Waals surface area (Å²) >= 11 is 0. The van der Waals surface area contributed by atoms with Crippen LogP contribution in [-0.2, 0) is 15.6 Å². The van der Waals surface area contributed by atoms with Gasteiger partial charge >= 0.3 is 14.5 Å². The number of quaternary nitrogens is 1. The van der Waals surface area contributed by atoms with Crippen molar-refractivity contribution in [2.24, 2.45) is 0 Å². The molecule has 1 aromatic carbocycles. The van der Waals surface area contributed by atoms with Crippen LogP contribution >= 0.6 is 0 Å². The number of rotatable bonds is 4. The Bertz CT molecular complexity index is 624. The van der Waals surface area contributed by atoms with Crippen molar-refractivity contribution < 1.29 is 49.0 Å². The van der Waals surface area contributed by atoms with Gasteiger partial charge in [-0.15, -0.1) is 0 Å². The van der Waals surface area contributed by atoms with Gasteiger partial charge in [-0.2, -0.15) is 0 Å². The fourth-order valence-corrected chi connectivity index (χ4v) is 3.32. The van der Waals surface area contributed by atoms with E-state index in [2.05, 4.69) is 24.6 Å². The van der Waals surface area contributed by atoms with E-state index in [4.69, 9.17) is 4.74 Å². The molecule has 14 heteroatoms. The Morgan fingerprint density at radius 2 is 1.27 bits per heavy atom. The summed E-state index contributed by atoms with van der Waals surface area (Å²) in [5, 5.41) is 0. The van der Waals surface area contributed by atoms with Crippen LogP contribution in [0.3, 0.4) is 0 Å². The van der Waals surface area contributed by atoms with Gasteiger partial charge in [0, 0.05) is 16.5 Å². The Morgan fingerprint density at radius 3 is 1.60 bits per heavy atom. The third-order valence-corrected chi connectivity index (χ3v) is 5.35. The molecule has 0 atom stereocenters. The molecule has 0 saturated carbocycles. The smallest absolute Gasteiger partial charge is 0.418 e. The predicted molar refractivity (Wildman–Crippen MR) is 104 cm³/mol. The van der Waals surface area contributed by atoms with Crippen LogP contribution in [0.25, 0.3) is 0 Å². The number of morpholine rings is 1. The predicted octanol–water partition coefficient (Wildman–Crippen LogP) is 3.40. The third-order valence-electron chi connectivity index (χ3n) is 4.14. The summed E-state index contributed by atoms with van der Waals surface area (Å²) in [6.07, 6.45) is 4.39. The molecule has 1 saturated heterocycles. The van der Waals surface area contributed by atoms with Crippen LogP contribution < -0.4 is 4.90 Å². The van der Waals surface area contributed by atoms with E-state index in [-0.39, 0.29) is 22.2 Å². The average molecular weight is 469 g/mol. The first-order valence-corrected chi connectivity index (χ1v) is 10.9. The highest BCUT2D eigenvalue weighted by atomic mass is 32.2. The Kier molecular flexibility index (Phi) is 11.4. The molecule has 1 aromatic rings. The lowest BCUT2D eigenvalue weighted by atomic mass is 9.91. The molecule has 1 fully saturated rings. The van der Waals surface area contributed by atoms with Crippen molar-refractivity contribution in [3.05, 3.63) is 29.8 Å². The number of ether oxygens (including phenoxy) is 1. The quantitative estimate of drug-likeness (QED) is 0.318. The number of halogens is 8. The first kappa shape index (κ1) is 28.7. The van der Waals surface area contributed by atoms with E-state index in [1.807, 2.05) is 26.0 Å². The second-order valence-electron chi connectivity index (χ2n) is 7.00. The molecule has 30 heavy (non-hydrogen) atoms. The van der Waals surface area contributed by atoms with Crippen molar-refractivity contribution in [1.82, 2.24) is 0 Å². The molecular weight excluding hydrogens is 444 g/mol. The summed E-state index contributed by atoms with van der Waals surface area (Å²) in [5.74, 6) is 0.230. The topological polar surface area (TPSA) is 30.7 Å². The van der Waals surface area contributed by atoms with E-state index in [9.17, 15) is 39.3 Å². The number of ketones is 1. The Hall–Kier alpha value is -1.27. The minimum absolute atomic E-state index is 0.230. The van der Waals surface area contributed by atoms with E-state index in [0.717, 1.165) is 31.9 Å². The summed E-state index contributed by atoms with van der Waals surface area (Å²) in [5.41, 5.74) is 0.439. The molecule has 1 N–H and O–H groups in total. The zero-order chi connectivity index (χ0) is 23.8. The molecule has 174 valence electrons. The summed E-state index contributed by atoms with van der Waals surface area (Å²) in [4.78, 5) is 15.4. The second-order valence-corrected chi connectivity index (χ2v) is 9.11. The van der Waals surface area contributed by atoms with Crippen molar-refractivity contribution in [1.29, 1.82) is 0 Å². The molecule has 0 amide bonds. The SMILES string of the molecule is C[S+](C)c1ccc(C(=O)C(C)(C)[NH+]2CCOCC2)cc1.F[B-](F)(F)F.F[B-](F)(F)F. The molecule has 0 bridgehead atoms. The van der Waals surface area contributed by atoms with Crippen molar-refractivity contribution in [2.45, 2.75) is 24.3 Å². The standard InChI is InChI=1S/C16H24NO2S.2BF4/c1-16(2,17-9-11-19-12-10-17)15(18)13-5-7-14(8-6-13)20(3)4;2*2-1(3,4)5/h5-8H,9-12H2,1-4H3;;/q+1;2*-1/p+1. The fourth-order valence-electron chi connectivity index (χ4n) is 2.64. The van der Waals surface area contributed by atoms with Gasteiger partial charge in [-0.25, -0.2) is 0 Å². The highest BCUT2D eigenvalue weighted by molar-refractivity contribution is 7.95. The highest BCUT2D eigenvalue weighted by Gasteiger charge is 2.40. The Labute approximate surface area is 173 Å². The van der Waals surface area contributed by atoms with Crippen LogP contribution in [0, 0.1) is 0 Å². The lowest BCUT2D eigenvalue weighted by Gasteiger charge is -2.36. The van der Waals surface area contributed by atoms with Crippen LogP contribution in [0.2, 0.25) is 0 Å². The molecule has 0 aromatic heterocycles. The van der Waals surface area contributed by atoms with Gasteiger partial charge < -0.3 is 44.2 Å². The zero-order valence-electron chi connectivity index (χ0n) is 17.0. The Morgan fingerprint density at radius 1 is 0.900 bits per heavy atom. The van der Waals surface area contributed by atoms with Crippen molar-refractivity contribution >= 4 is 31.2 Å². The van der Waals surface area contributed by atoms with Gasteiger partial charge in [0.05, 0.1) is 13.2 Å². The van der Waals surface area contributed by atoms with Crippen molar-refractivity contribution in [3.63, 3.8) is 0 Å². The molecule has 0 spiro atoms. The van der Waals surface area contributed by atoms with Gasteiger partial charge in [-0.05, 0) is 38.1 Å². The maximum absolute atomic E-state index is 12.8. The number of nitrogens with one attached hydrogen (secondary N) is 1. The monoisotopic (exact) mass is 469 g/mol. The molecule has 2 rings (SSSR count). The van der Waals surface area contributed by atoms with Gasteiger partial charge in [0.2, 0.25) is 5.78 Å². The zero-order valence-corrected chi connectivity index (χ0v) is 17.9. The molecule has 0 unspecified atom stereocenters. The van der Waals surface area contributed by atoms with E-state index >= 15 is 0 Å². The summed E-state index contributed by atoms with van der Waals surface area (Å²) in [6.45, 7) is 7.41. The number of carbonyl (C=O) groups excluding carboxylic acids is 1. The number of benzene rings is 1. The van der Waals surface area contributed by atoms with Crippen LogP contribution in [0.5, 0.6) is 0 Å². The van der Waals surface area contributed by atoms with Crippen LogP contribution in [0.15, 0.2) is 29.2 Å². The first-order chi connectivity index (χ1) is 13.4. The number of hydrogen-bond donors (Lipinski definition) is 1. The lowest BCUT2D eigenvalue weighted by molar-refractivity contribution is -0.944. The van der Waals surface area contributed by atoms with E-state index in [1.165, 1.54) is 9.80 Å². The molecule has 0 radical (unpaired) electrons. The molecule has 1 aliphatic rings. The van der Waals surface area contributed by atoms with Gasteiger partial charge in [0.25, 0.3) is 0 Å². The number of hydrogen-bond acceptors (Lipinski definition) is 2. The Balaban J connectivity index is 0.000000702. The van der Waals surface area contributed by atoms with Crippen LogP contribution in [-0.4, -0.2) is 64.6 Å².